The van der Waals surface area contributed by atoms with Gasteiger partial charge in [-0.3, -0.25) is 20.0 Å². The summed E-state index contributed by atoms with van der Waals surface area (Å²) in [4.78, 5) is 26.6. The predicted molar refractivity (Wildman–Crippen MR) is 90.5 cm³/mol. The zero-order chi connectivity index (χ0) is 17.8. The Morgan fingerprint density at radius 3 is 2.72 bits per heavy atom. The molecule has 1 amide bonds. The van der Waals surface area contributed by atoms with Crippen LogP contribution in [0.5, 0.6) is 0 Å². The molecule has 0 fully saturated rings. The molecule has 9 nitrogen and oxygen atoms in total. The van der Waals surface area contributed by atoms with E-state index in [0.29, 0.717) is 28.5 Å². The van der Waals surface area contributed by atoms with Crippen molar-refractivity contribution in [3.8, 4) is 11.4 Å². The Bertz CT molecular complexity index is 920. The Balaban J connectivity index is 1.67. The van der Waals surface area contributed by atoms with Gasteiger partial charge in [0.05, 0.1) is 11.5 Å². The van der Waals surface area contributed by atoms with Gasteiger partial charge >= 0.3 is 0 Å². The van der Waals surface area contributed by atoms with Crippen LogP contribution in [0, 0.1) is 10.1 Å². The van der Waals surface area contributed by atoms with Crippen molar-refractivity contribution in [1.82, 2.24) is 20.5 Å². The topological polar surface area (TPSA) is 140 Å². The normalized spacial score (nSPS) is 10.4. The minimum absolute atomic E-state index is 0.0412. The van der Waals surface area contributed by atoms with Crippen LogP contribution in [0.1, 0.15) is 16.2 Å². The number of carbonyl (C=O) groups is 1. The van der Waals surface area contributed by atoms with Crippen LogP contribution in [0.3, 0.4) is 0 Å². The van der Waals surface area contributed by atoms with Crippen molar-refractivity contribution >= 4 is 17.3 Å². The largest absolute Gasteiger partial charge is 0.399 e. The van der Waals surface area contributed by atoms with Crippen molar-refractivity contribution in [3.05, 3.63) is 70.0 Å². The number of non-ortho nitro benzene ring substituents is 1. The number of aromatic nitrogens is 3. The first-order valence-corrected chi connectivity index (χ1v) is 7.33. The van der Waals surface area contributed by atoms with Crippen LogP contribution >= 0.6 is 0 Å². The fourth-order valence-corrected chi connectivity index (χ4v) is 2.16. The zero-order valence-electron chi connectivity index (χ0n) is 13.0. The molecule has 0 saturated heterocycles. The van der Waals surface area contributed by atoms with Crippen molar-refractivity contribution in [1.29, 1.82) is 0 Å². The SMILES string of the molecule is Nc1ccc(C(=O)NCc2nc(-c3cccc([N+](=O)[O-])c3)n[nH]2)cc1. The average Bonchev–Trinajstić information content (AvgIpc) is 3.09. The van der Waals surface area contributed by atoms with Crippen LogP contribution in [-0.2, 0) is 6.54 Å². The van der Waals surface area contributed by atoms with Crippen molar-refractivity contribution < 1.29 is 9.72 Å². The number of hydrogen-bond donors (Lipinski definition) is 3. The second kappa shape index (κ2) is 6.79. The molecule has 0 aliphatic carbocycles. The monoisotopic (exact) mass is 338 g/mol. The number of hydrogen-bond acceptors (Lipinski definition) is 6. The van der Waals surface area contributed by atoms with Gasteiger partial charge < -0.3 is 11.1 Å². The fourth-order valence-electron chi connectivity index (χ4n) is 2.16. The second-order valence-corrected chi connectivity index (χ2v) is 5.22. The minimum atomic E-state index is -0.482. The lowest BCUT2D eigenvalue weighted by molar-refractivity contribution is -0.384. The van der Waals surface area contributed by atoms with Gasteiger partial charge in [0.15, 0.2) is 5.82 Å². The summed E-state index contributed by atoms with van der Waals surface area (Å²) in [5.41, 5.74) is 7.11. The van der Waals surface area contributed by atoms with E-state index in [-0.39, 0.29) is 18.1 Å². The maximum atomic E-state index is 12.0. The minimum Gasteiger partial charge on any atom is -0.399 e. The summed E-state index contributed by atoms with van der Waals surface area (Å²) in [5, 5.41) is 20.3. The highest BCUT2D eigenvalue weighted by Gasteiger charge is 2.12. The number of carbonyl (C=O) groups excluding carboxylic acids is 1. The van der Waals surface area contributed by atoms with Gasteiger partial charge in [-0.2, -0.15) is 5.10 Å². The molecule has 3 rings (SSSR count). The number of H-pyrrole nitrogens is 1. The molecule has 4 N–H and O–H groups in total. The lowest BCUT2D eigenvalue weighted by atomic mass is 10.2. The predicted octanol–water partition coefficient (Wildman–Crippen LogP) is 1.89. The smallest absolute Gasteiger partial charge is 0.270 e. The van der Waals surface area contributed by atoms with E-state index in [0.717, 1.165) is 0 Å². The first-order chi connectivity index (χ1) is 12.0. The number of amides is 1. The molecular formula is C16H14N6O3. The number of nitrogens with one attached hydrogen (secondary N) is 2. The quantitative estimate of drug-likeness (QED) is 0.369. The molecule has 1 heterocycles. The first kappa shape index (κ1) is 16.1. The number of rotatable bonds is 5. The highest BCUT2D eigenvalue weighted by molar-refractivity contribution is 5.94. The third-order valence-electron chi connectivity index (χ3n) is 3.44. The van der Waals surface area contributed by atoms with Crippen LogP contribution in [0.15, 0.2) is 48.5 Å². The number of nitrogens with two attached hydrogens (primary N) is 1. The molecule has 0 spiro atoms. The van der Waals surface area contributed by atoms with Crippen molar-refractivity contribution in [2.24, 2.45) is 0 Å². The average molecular weight is 338 g/mol. The summed E-state index contributed by atoms with van der Waals surface area (Å²) in [7, 11) is 0. The van der Waals surface area contributed by atoms with E-state index in [1.807, 2.05) is 0 Å². The third kappa shape index (κ3) is 3.78. The van der Waals surface area contributed by atoms with E-state index in [2.05, 4.69) is 20.5 Å². The number of nitro groups is 1. The van der Waals surface area contributed by atoms with Crippen molar-refractivity contribution in [2.45, 2.75) is 6.54 Å². The van der Waals surface area contributed by atoms with Gasteiger partial charge in [0.25, 0.3) is 11.6 Å². The number of nitro benzene ring substituents is 1. The molecule has 0 aliphatic heterocycles. The van der Waals surface area contributed by atoms with Crippen LogP contribution in [-0.4, -0.2) is 26.0 Å². The molecule has 0 unspecified atom stereocenters. The van der Waals surface area contributed by atoms with Gasteiger partial charge in [0.2, 0.25) is 0 Å². The highest BCUT2D eigenvalue weighted by atomic mass is 16.6. The van der Waals surface area contributed by atoms with Crippen LogP contribution in [0.4, 0.5) is 11.4 Å². The summed E-state index contributed by atoms with van der Waals surface area (Å²) in [5.74, 6) is 0.485. The molecule has 3 aromatic rings. The van der Waals surface area contributed by atoms with Gasteiger partial charge in [-0.15, -0.1) is 0 Å². The van der Waals surface area contributed by atoms with Crippen molar-refractivity contribution in [2.75, 3.05) is 5.73 Å². The first-order valence-electron chi connectivity index (χ1n) is 7.33. The Labute approximate surface area is 142 Å². The van der Waals surface area contributed by atoms with E-state index in [4.69, 9.17) is 5.73 Å². The van der Waals surface area contributed by atoms with Crippen LogP contribution < -0.4 is 11.1 Å². The molecule has 9 heteroatoms. The number of nitrogen functional groups attached to an aromatic ring is 1. The molecule has 2 aromatic carbocycles. The number of nitrogens with zero attached hydrogens (tertiary/aromatic N) is 3. The molecule has 0 radical (unpaired) electrons. The second-order valence-electron chi connectivity index (χ2n) is 5.22. The van der Waals surface area contributed by atoms with Gasteiger partial charge in [-0.05, 0) is 24.3 Å². The van der Waals surface area contributed by atoms with E-state index in [9.17, 15) is 14.9 Å². The van der Waals surface area contributed by atoms with Crippen molar-refractivity contribution in [3.63, 3.8) is 0 Å². The standard InChI is InChI=1S/C16H14N6O3/c17-12-6-4-10(5-7-12)16(23)18-9-14-19-15(21-20-14)11-2-1-3-13(8-11)22(24)25/h1-8H,9,17H2,(H,18,23)(H,19,20,21). The van der Waals surface area contributed by atoms with Crippen LogP contribution in [0.25, 0.3) is 11.4 Å². The Morgan fingerprint density at radius 1 is 1.24 bits per heavy atom. The number of anilines is 1. The summed E-state index contributed by atoms with van der Waals surface area (Å²) < 4.78 is 0. The summed E-state index contributed by atoms with van der Waals surface area (Å²) in [6.45, 7) is 0.144. The lowest BCUT2D eigenvalue weighted by Gasteiger charge is -2.03. The van der Waals surface area contributed by atoms with Crippen LogP contribution in [0.2, 0.25) is 0 Å². The molecule has 25 heavy (non-hydrogen) atoms. The zero-order valence-corrected chi connectivity index (χ0v) is 13.0. The molecule has 1 aromatic heterocycles. The maximum Gasteiger partial charge on any atom is 0.270 e. The Morgan fingerprint density at radius 2 is 2.00 bits per heavy atom. The lowest BCUT2D eigenvalue weighted by Crippen LogP contribution is -2.23. The van der Waals surface area contributed by atoms with Gasteiger partial charge in [0, 0.05) is 28.9 Å². The maximum absolute atomic E-state index is 12.0. The number of benzene rings is 2. The third-order valence-corrected chi connectivity index (χ3v) is 3.44. The fraction of sp³-hybridized carbons (Fsp3) is 0.0625. The number of aromatic amines is 1. The van der Waals surface area contributed by atoms with E-state index >= 15 is 0 Å². The molecular weight excluding hydrogens is 324 g/mol. The molecule has 0 atom stereocenters. The van der Waals surface area contributed by atoms with E-state index in [1.165, 1.54) is 12.1 Å². The molecule has 0 saturated carbocycles. The highest BCUT2D eigenvalue weighted by Crippen LogP contribution is 2.20. The van der Waals surface area contributed by atoms with E-state index in [1.54, 1.807) is 36.4 Å². The van der Waals surface area contributed by atoms with Gasteiger partial charge in [-0.25, -0.2) is 4.98 Å². The summed E-state index contributed by atoms with van der Waals surface area (Å²) in [6.07, 6.45) is 0. The molecule has 126 valence electrons. The van der Waals surface area contributed by atoms with Gasteiger partial charge in [-0.1, -0.05) is 12.1 Å². The summed E-state index contributed by atoms with van der Waals surface area (Å²) in [6, 6.07) is 12.6. The Kier molecular flexibility index (Phi) is 4.38. The van der Waals surface area contributed by atoms with Gasteiger partial charge in [0.1, 0.15) is 5.82 Å². The molecule has 0 aliphatic rings. The Hall–Kier alpha value is -3.75. The summed E-state index contributed by atoms with van der Waals surface area (Å²) >= 11 is 0. The molecule has 0 bridgehead atoms. The van der Waals surface area contributed by atoms with E-state index < -0.39 is 4.92 Å².